The molecule has 0 spiro atoms. The van der Waals surface area contributed by atoms with Gasteiger partial charge >= 0.3 is 5.97 Å². The van der Waals surface area contributed by atoms with Gasteiger partial charge in [-0.05, 0) is 24.6 Å². The summed E-state index contributed by atoms with van der Waals surface area (Å²) >= 11 is 0. The van der Waals surface area contributed by atoms with E-state index >= 15 is 0 Å². The number of carboxylic acid groups (broad SMARTS) is 1. The number of carboxylic acids is 1. The Morgan fingerprint density at radius 2 is 1.83 bits per heavy atom. The van der Waals surface area contributed by atoms with Crippen molar-refractivity contribution in [3.05, 3.63) is 29.8 Å². The minimum absolute atomic E-state index is 0.185. The summed E-state index contributed by atoms with van der Waals surface area (Å²) in [5, 5.41) is 8.93. The number of carbonyl (C=O) groups is 2. The molecule has 0 fully saturated rings. The molecule has 0 bridgehead atoms. The second-order valence-corrected chi connectivity index (χ2v) is 4.65. The maximum Gasteiger partial charge on any atom is 0.307 e. The summed E-state index contributed by atoms with van der Waals surface area (Å²) in [4.78, 5) is 24.6. The molecule has 0 saturated heterocycles. The van der Waals surface area contributed by atoms with Crippen molar-refractivity contribution in [2.24, 2.45) is 11.8 Å². The van der Waals surface area contributed by atoms with Crippen LogP contribution in [0.3, 0.4) is 0 Å². The molecule has 98 valence electrons. The van der Waals surface area contributed by atoms with Gasteiger partial charge in [-0.3, -0.25) is 9.59 Å². The van der Waals surface area contributed by atoms with Crippen LogP contribution in [0.4, 0.5) is 5.69 Å². The molecular formula is C14H19NO3. The van der Waals surface area contributed by atoms with E-state index in [2.05, 4.69) is 0 Å². The molecule has 1 amide bonds. The fourth-order valence-corrected chi connectivity index (χ4v) is 1.70. The maximum atomic E-state index is 12.2. The predicted octanol–water partition coefficient (Wildman–Crippen LogP) is 2.31. The number of aliphatic carboxylic acids is 1. The van der Waals surface area contributed by atoms with E-state index in [1.165, 1.54) is 4.90 Å². The van der Waals surface area contributed by atoms with E-state index in [0.717, 1.165) is 11.3 Å². The first-order valence-electron chi connectivity index (χ1n) is 5.91. The lowest BCUT2D eigenvalue weighted by Gasteiger charge is -2.23. The highest BCUT2D eigenvalue weighted by Crippen LogP contribution is 2.20. The Balaban J connectivity index is 2.87. The summed E-state index contributed by atoms with van der Waals surface area (Å²) in [6.45, 7) is 5.15. The highest BCUT2D eigenvalue weighted by Gasteiger charge is 2.28. The van der Waals surface area contributed by atoms with Crippen LogP contribution < -0.4 is 4.90 Å². The molecule has 0 saturated carbocycles. The third kappa shape index (κ3) is 3.09. The second kappa shape index (κ2) is 5.67. The lowest BCUT2D eigenvalue weighted by Crippen LogP contribution is -2.36. The minimum Gasteiger partial charge on any atom is -0.481 e. The van der Waals surface area contributed by atoms with E-state index in [1.54, 1.807) is 20.9 Å². The van der Waals surface area contributed by atoms with Crippen LogP contribution in [0.15, 0.2) is 24.3 Å². The molecule has 0 heterocycles. The first-order valence-corrected chi connectivity index (χ1v) is 5.91. The van der Waals surface area contributed by atoms with Crippen LogP contribution in [0.2, 0.25) is 0 Å². The number of hydrogen-bond donors (Lipinski definition) is 1. The first kappa shape index (κ1) is 14.2. The number of anilines is 1. The smallest absolute Gasteiger partial charge is 0.307 e. The van der Waals surface area contributed by atoms with Crippen LogP contribution in [0.5, 0.6) is 0 Å². The molecule has 1 N–H and O–H groups in total. The maximum absolute atomic E-state index is 12.2. The Morgan fingerprint density at radius 1 is 1.22 bits per heavy atom. The minimum atomic E-state index is -0.950. The molecule has 1 aromatic carbocycles. The summed E-state index contributed by atoms with van der Waals surface area (Å²) in [7, 11) is 1.67. The van der Waals surface area contributed by atoms with E-state index in [-0.39, 0.29) is 5.91 Å². The van der Waals surface area contributed by atoms with Gasteiger partial charge in [0, 0.05) is 18.7 Å². The van der Waals surface area contributed by atoms with Gasteiger partial charge in [0.25, 0.3) is 0 Å². The van der Waals surface area contributed by atoms with Crippen molar-refractivity contribution in [3.8, 4) is 0 Å². The molecule has 1 aromatic rings. The average Bonchev–Trinajstić information content (AvgIpc) is 2.35. The quantitative estimate of drug-likeness (QED) is 0.890. The van der Waals surface area contributed by atoms with E-state index in [0.29, 0.717) is 0 Å². The van der Waals surface area contributed by atoms with Gasteiger partial charge < -0.3 is 10.0 Å². The van der Waals surface area contributed by atoms with Gasteiger partial charge in [0.2, 0.25) is 5.91 Å². The van der Waals surface area contributed by atoms with Crippen molar-refractivity contribution >= 4 is 17.6 Å². The average molecular weight is 249 g/mol. The zero-order chi connectivity index (χ0) is 13.9. The van der Waals surface area contributed by atoms with E-state index in [4.69, 9.17) is 5.11 Å². The predicted molar refractivity (Wildman–Crippen MR) is 70.6 cm³/mol. The van der Waals surface area contributed by atoms with Crippen LogP contribution in [-0.2, 0) is 9.59 Å². The molecule has 0 aliphatic rings. The van der Waals surface area contributed by atoms with Crippen molar-refractivity contribution in [3.63, 3.8) is 0 Å². The highest BCUT2D eigenvalue weighted by molar-refractivity contribution is 5.96. The molecule has 4 heteroatoms. The molecule has 0 radical (unpaired) electrons. The lowest BCUT2D eigenvalue weighted by atomic mass is 9.94. The van der Waals surface area contributed by atoms with Gasteiger partial charge in [0.1, 0.15) is 0 Å². The molecule has 0 aliphatic carbocycles. The number of nitrogens with zero attached hydrogens (tertiary/aromatic N) is 1. The van der Waals surface area contributed by atoms with Crippen LogP contribution in [0.25, 0.3) is 0 Å². The van der Waals surface area contributed by atoms with Crippen molar-refractivity contribution in [2.45, 2.75) is 20.8 Å². The van der Waals surface area contributed by atoms with Crippen LogP contribution in [0.1, 0.15) is 19.4 Å². The number of aryl methyl sites for hydroxylation is 1. The molecular weight excluding hydrogens is 230 g/mol. The topological polar surface area (TPSA) is 57.6 Å². The summed E-state index contributed by atoms with van der Waals surface area (Å²) in [5.74, 6) is -2.37. The Hall–Kier alpha value is -1.84. The third-order valence-electron chi connectivity index (χ3n) is 3.25. The van der Waals surface area contributed by atoms with Crippen LogP contribution in [0, 0.1) is 18.8 Å². The monoisotopic (exact) mass is 249 g/mol. The Bertz CT molecular complexity index is 456. The molecule has 2 unspecified atom stereocenters. The zero-order valence-corrected chi connectivity index (χ0v) is 11.2. The number of benzene rings is 1. The molecule has 2 atom stereocenters. The zero-order valence-electron chi connectivity index (χ0n) is 11.2. The fraction of sp³-hybridized carbons (Fsp3) is 0.429. The van der Waals surface area contributed by atoms with E-state index < -0.39 is 17.8 Å². The van der Waals surface area contributed by atoms with Gasteiger partial charge in [-0.25, -0.2) is 0 Å². The SMILES string of the molecule is Cc1cccc(N(C)C(=O)C(C)C(C)C(=O)O)c1. The van der Waals surface area contributed by atoms with Crippen molar-refractivity contribution in [2.75, 3.05) is 11.9 Å². The highest BCUT2D eigenvalue weighted by atomic mass is 16.4. The summed E-state index contributed by atoms with van der Waals surface area (Å²) in [6, 6.07) is 7.56. The Labute approximate surface area is 107 Å². The van der Waals surface area contributed by atoms with E-state index in [1.807, 2.05) is 31.2 Å². The molecule has 0 aliphatic heterocycles. The van der Waals surface area contributed by atoms with Crippen molar-refractivity contribution in [1.82, 2.24) is 0 Å². The van der Waals surface area contributed by atoms with Gasteiger partial charge in [0.15, 0.2) is 0 Å². The first-order chi connectivity index (χ1) is 8.34. The molecule has 1 rings (SSSR count). The van der Waals surface area contributed by atoms with Gasteiger partial charge in [-0.2, -0.15) is 0 Å². The second-order valence-electron chi connectivity index (χ2n) is 4.65. The van der Waals surface area contributed by atoms with Crippen LogP contribution >= 0.6 is 0 Å². The Morgan fingerprint density at radius 3 is 2.33 bits per heavy atom. The Kier molecular flexibility index (Phi) is 4.48. The number of rotatable bonds is 4. The van der Waals surface area contributed by atoms with Crippen molar-refractivity contribution in [1.29, 1.82) is 0 Å². The summed E-state index contributed by atoms with van der Waals surface area (Å²) in [6.07, 6.45) is 0. The van der Waals surface area contributed by atoms with Gasteiger partial charge in [-0.15, -0.1) is 0 Å². The van der Waals surface area contributed by atoms with Gasteiger partial charge in [0.05, 0.1) is 5.92 Å². The number of hydrogen-bond acceptors (Lipinski definition) is 2. The van der Waals surface area contributed by atoms with E-state index in [9.17, 15) is 9.59 Å². The molecule has 0 aromatic heterocycles. The number of amides is 1. The number of carbonyl (C=O) groups excluding carboxylic acids is 1. The lowest BCUT2D eigenvalue weighted by molar-refractivity contribution is -0.145. The third-order valence-corrected chi connectivity index (χ3v) is 3.25. The summed E-state index contributed by atoms with van der Waals surface area (Å²) in [5.41, 5.74) is 1.84. The van der Waals surface area contributed by atoms with Crippen molar-refractivity contribution < 1.29 is 14.7 Å². The molecule has 4 nitrogen and oxygen atoms in total. The largest absolute Gasteiger partial charge is 0.481 e. The van der Waals surface area contributed by atoms with Crippen LogP contribution in [-0.4, -0.2) is 24.0 Å². The standard InChI is InChI=1S/C14H19NO3/c1-9-6-5-7-12(8-9)15(4)13(16)10(2)11(3)14(17)18/h5-8,10-11H,1-4H3,(H,17,18). The summed E-state index contributed by atoms with van der Waals surface area (Å²) < 4.78 is 0. The molecule has 18 heavy (non-hydrogen) atoms. The fourth-order valence-electron chi connectivity index (χ4n) is 1.70. The normalized spacial score (nSPS) is 13.8. The van der Waals surface area contributed by atoms with Gasteiger partial charge in [-0.1, -0.05) is 26.0 Å².